The van der Waals surface area contributed by atoms with Crippen LogP contribution in [0.3, 0.4) is 0 Å². The monoisotopic (exact) mass is 309 g/mol. The van der Waals surface area contributed by atoms with Crippen molar-refractivity contribution in [3.63, 3.8) is 0 Å². The van der Waals surface area contributed by atoms with Gasteiger partial charge in [0.2, 0.25) is 0 Å². The van der Waals surface area contributed by atoms with E-state index < -0.39 is 5.97 Å². The van der Waals surface area contributed by atoms with E-state index >= 15 is 0 Å². The van der Waals surface area contributed by atoms with Gasteiger partial charge in [-0.3, -0.25) is 5.10 Å². The first-order valence-corrected chi connectivity index (χ1v) is 6.04. The lowest BCUT2D eigenvalue weighted by Crippen LogP contribution is -2.09. The van der Waals surface area contributed by atoms with Crippen molar-refractivity contribution in [2.24, 2.45) is 0 Å². The van der Waals surface area contributed by atoms with E-state index in [0.29, 0.717) is 5.69 Å². The van der Waals surface area contributed by atoms with Crippen LogP contribution in [0.5, 0.6) is 0 Å². The van der Waals surface area contributed by atoms with Crippen LogP contribution in [-0.2, 0) is 0 Å². The molecule has 1 aromatic heterocycles. The number of hydrogen-bond acceptors (Lipinski definition) is 3. The normalized spacial score (nSPS) is 10.4. The Bertz CT molecular complexity index is 593. The van der Waals surface area contributed by atoms with Crippen LogP contribution in [0.15, 0.2) is 28.7 Å². The molecule has 0 atom stereocenters. The number of benzene rings is 1. The van der Waals surface area contributed by atoms with Gasteiger partial charge in [-0.15, -0.1) is 0 Å². The quantitative estimate of drug-likeness (QED) is 0.914. The van der Waals surface area contributed by atoms with Gasteiger partial charge >= 0.3 is 5.97 Å². The van der Waals surface area contributed by atoms with Gasteiger partial charge in [0, 0.05) is 24.1 Å². The Balaban J connectivity index is 2.44. The summed E-state index contributed by atoms with van der Waals surface area (Å²) in [5.41, 5.74) is 2.57. The smallest absolute Gasteiger partial charge is 0.353 e. The minimum Gasteiger partial charge on any atom is -0.477 e. The molecule has 0 aliphatic carbocycles. The minimum atomic E-state index is -1.02. The number of nitrogens with zero attached hydrogens (tertiary/aromatic N) is 2. The zero-order chi connectivity index (χ0) is 13.3. The first-order valence-electron chi connectivity index (χ1n) is 5.25. The maximum atomic E-state index is 10.8. The van der Waals surface area contributed by atoms with Crippen LogP contribution in [0.1, 0.15) is 10.5 Å². The second-order valence-corrected chi connectivity index (χ2v) is 4.89. The van der Waals surface area contributed by atoms with Crippen LogP contribution in [0, 0.1) is 0 Å². The standard InChI is InChI=1S/C12H12BrN3O2/c1-16(2)11-5-7(3-4-8(11)13)9-6-10(12(17)18)15-14-9/h3-6H,1-2H3,(H,14,15)(H,17,18). The van der Waals surface area contributed by atoms with E-state index in [1.807, 2.05) is 37.2 Å². The topological polar surface area (TPSA) is 69.2 Å². The molecule has 0 bridgehead atoms. The summed E-state index contributed by atoms with van der Waals surface area (Å²) in [6, 6.07) is 7.27. The molecule has 0 aliphatic rings. The predicted molar refractivity (Wildman–Crippen MR) is 73.0 cm³/mol. The largest absolute Gasteiger partial charge is 0.477 e. The molecule has 1 heterocycles. The van der Waals surface area contributed by atoms with Crippen molar-refractivity contribution >= 4 is 27.6 Å². The zero-order valence-electron chi connectivity index (χ0n) is 9.94. The van der Waals surface area contributed by atoms with E-state index in [1.165, 1.54) is 6.07 Å². The van der Waals surface area contributed by atoms with Crippen LogP contribution >= 0.6 is 15.9 Å². The van der Waals surface area contributed by atoms with Gasteiger partial charge in [-0.1, -0.05) is 6.07 Å². The molecule has 5 nitrogen and oxygen atoms in total. The molecule has 0 saturated carbocycles. The second kappa shape index (κ2) is 4.81. The molecule has 0 radical (unpaired) electrons. The molecule has 0 spiro atoms. The van der Waals surface area contributed by atoms with Crippen LogP contribution < -0.4 is 4.90 Å². The van der Waals surface area contributed by atoms with Gasteiger partial charge in [-0.25, -0.2) is 4.79 Å². The molecular formula is C12H12BrN3O2. The van der Waals surface area contributed by atoms with E-state index in [0.717, 1.165) is 15.7 Å². The van der Waals surface area contributed by atoms with Gasteiger partial charge in [-0.05, 0) is 34.1 Å². The van der Waals surface area contributed by atoms with Gasteiger partial charge in [0.15, 0.2) is 0 Å². The van der Waals surface area contributed by atoms with Crippen molar-refractivity contribution < 1.29 is 9.90 Å². The highest BCUT2D eigenvalue weighted by Crippen LogP contribution is 2.30. The van der Waals surface area contributed by atoms with Crippen molar-refractivity contribution in [2.45, 2.75) is 0 Å². The minimum absolute atomic E-state index is 0.0827. The maximum Gasteiger partial charge on any atom is 0.353 e. The fraction of sp³-hybridized carbons (Fsp3) is 0.167. The molecule has 6 heteroatoms. The lowest BCUT2D eigenvalue weighted by Gasteiger charge is -2.15. The molecule has 2 rings (SSSR count). The molecule has 2 aromatic rings. The first kappa shape index (κ1) is 12.6. The van der Waals surface area contributed by atoms with Crippen molar-refractivity contribution in [1.82, 2.24) is 10.2 Å². The molecule has 1 aromatic carbocycles. The van der Waals surface area contributed by atoms with E-state index in [9.17, 15) is 4.79 Å². The zero-order valence-corrected chi connectivity index (χ0v) is 11.5. The number of carbonyl (C=O) groups is 1. The van der Waals surface area contributed by atoms with Gasteiger partial charge < -0.3 is 10.0 Å². The van der Waals surface area contributed by atoms with Gasteiger partial charge in [0.1, 0.15) is 5.69 Å². The van der Waals surface area contributed by atoms with E-state index in [4.69, 9.17) is 5.11 Å². The third-order valence-electron chi connectivity index (χ3n) is 2.53. The number of carboxylic acid groups (broad SMARTS) is 1. The van der Waals surface area contributed by atoms with Crippen LogP contribution in [0.2, 0.25) is 0 Å². The van der Waals surface area contributed by atoms with Gasteiger partial charge in [0.05, 0.1) is 11.4 Å². The number of nitrogens with one attached hydrogen (secondary N) is 1. The molecule has 0 amide bonds. The van der Waals surface area contributed by atoms with Gasteiger partial charge in [0.25, 0.3) is 0 Å². The van der Waals surface area contributed by atoms with E-state index in [1.54, 1.807) is 0 Å². The number of aromatic carboxylic acids is 1. The highest BCUT2D eigenvalue weighted by atomic mass is 79.9. The third-order valence-corrected chi connectivity index (χ3v) is 3.20. The molecule has 0 saturated heterocycles. The lowest BCUT2D eigenvalue weighted by atomic mass is 10.1. The summed E-state index contributed by atoms with van der Waals surface area (Å²) in [5.74, 6) is -1.02. The first-order chi connectivity index (χ1) is 8.49. The molecule has 0 fully saturated rings. The molecule has 0 unspecified atom stereocenters. The molecule has 0 aliphatic heterocycles. The lowest BCUT2D eigenvalue weighted by molar-refractivity contribution is 0.0690. The number of halogens is 1. The third kappa shape index (κ3) is 2.38. The SMILES string of the molecule is CN(C)c1cc(-c2cc(C(=O)O)[nH]n2)ccc1Br. The molecule has 2 N–H and O–H groups in total. The van der Waals surface area contributed by atoms with Crippen LogP contribution in [0.4, 0.5) is 5.69 Å². The number of anilines is 1. The molecule has 18 heavy (non-hydrogen) atoms. The summed E-state index contributed by atoms with van der Waals surface area (Å²) in [5, 5.41) is 15.3. The molecular weight excluding hydrogens is 298 g/mol. The van der Waals surface area contributed by atoms with E-state index in [2.05, 4.69) is 26.1 Å². The number of carboxylic acids is 1. The summed E-state index contributed by atoms with van der Waals surface area (Å²) < 4.78 is 0.977. The predicted octanol–water partition coefficient (Wildman–Crippen LogP) is 2.60. The number of rotatable bonds is 3. The highest BCUT2D eigenvalue weighted by molar-refractivity contribution is 9.10. The summed E-state index contributed by atoms with van der Waals surface area (Å²) in [7, 11) is 3.88. The number of aromatic nitrogens is 2. The summed E-state index contributed by atoms with van der Waals surface area (Å²) in [6.45, 7) is 0. The number of hydrogen-bond donors (Lipinski definition) is 2. The second-order valence-electron chi connectivity index (χ2n) is 4.03. The van der Waals surface area contributed by atoms with E-state index in [-0.39, 0.29) is 5.69 Å². The van der Waals surface area contributed by atoms with Crippen molar-refractivity contribution in [3.05, 3.63) is 34.4 Å². The number of H-pyrrole nitrogens is 1. The fourth-order valence-electron chi connectivity index (χ4n) is 1.59. The summed E-state index contributed by atoms with van der Waals surface area (Å²) >= 11 is 3.47. The maximum absolute atomic E-state index is 10.8. The Morgan fingerprint density at radius 3 is 2.67 bits per heavy atom. The summed E-state index contributed by atoms with van der Waals surface area (Å²) in [4.78, 5) is 12.8. The van der Waals surface area contributed by atoms with Crippen LogP contribution in [0.25, 0.3) is 11.3 Å². The Morgan fingerprint density at radius 2 is 2.11 bits per heavy atom. The van der Waals surface area contributed by atoms with Gasteiger partial charge in [-0.2, -0.15) is 5.10 Å². The van der Waals surface area contributed by atoms with Crippen molar-refractivity contribution in [2.75, 3.05) is 19.0 Å². The van der Waals surface area contributed by atoms with Crippen LogP contribution in [-0.4, -0.2) is 35.4 Å². The Kier molecular flexibility index (Phi) is 3.38. The Hall–Kier alpha value is -1.82. The fourth-order valence-corrected chi connectivity index (χ4v) is 2.20. The van der Waals surface area contributed by atoms with Crippen molar-refractivity contribution in [3.8, 4) is 11.3 Å². The highest BCUT2D eigenvalue weighted by Gasteiger charge is 2.11. The average molecular weight is 310 g/mol. The number of aromatic amines is 1. The summed E-state index contributed by atoms with van der Waals surface area (Å²) in [6.07, 6.45) is 0. The average Bonchev–Trinajstić information content (AvgIpc) is 2.78. The molecule has 94 valence electrons. The Morgan fingerprint density at radius 1 is 1.39 bits per heavy atom. The Labute approximate surface area is 113 Å². The van der Waals surface area contributed by atoms with Crippen molar-refractivity contribution in [1.29, 1.82) is 0 Å².